The fourth-order valence-electron chi connectivity index (χ4n) is 4.07. The Hall–Kier alpha value is -2.88. The van der Waals surface area contributed by atoms with E-state index in [-0.39, 0.29) is 11.8 Å². The monoisotopic (exact) mass is 418 g/mol. The van der Waals surface area contributed by atoms with Gasteiger partial charge in [-0.3, -0.25) is 14.5 Å². The van der Waals surface area contributed by atoms with Crippen LogP contribution in [0, 0.1) is 13.8 Å². The summed E-state index contributed by atoms with van der Waals surface area (Å²) in [5, 5.41) is 0. The molecule has 2 aromatic rings. The van der Waals surface area contributed by atoms with E-state index in [2.05, 4.69) is 26.0 Å². The van der Waals surface area contributed by atoms with Gasteiger partial charge >= 0.3 is 0 Å². The summed E-state index contributed by atoms with van der Waals surface area (Å²) in [6.07, 6.45) is 4.13. The lowest BCUT2D eigenvalue weighted by molar-refractivity contribution is -0.137. The molecule has 0 saturated carbocycles. The van der Waals surface area contributed by atoms with Crippen LogP contribution in [0.1, 0.15) is 61.8 Å². The van der Waals surface area contributed by atoms with Crippen molar-refractivity contribution in [1.29, 1.82) is 0 Å². The summed E-state index contributed by atoms with van der Waals surface area (Å²) < 4.78 is 0. The minimum atomic E-state index is -0.161. The van der Waals surface area contributed by atoms with Crippen LogP contribution in [0.4, 0.5) is 0 Å². The summed E-state index contributed by atoms with van der Waals surface area (Å²) in [5.41, 5.74) is 5.33. The Kier molecular flexibility index (Phi) is 7.67. The van der Waals surface area contributed by atoms with Gasteiger partial charge in [-0.2, -0.15) is 0 Å². The van der Waals surface area contributed by atoms with Gasteiger partial charge in [0.2, 0.25) is 0 Å². The van der Waals surface area contributed by atoms with Crippen molar-refractivity contribution >= 4 is 17.4 Å². The average molecular weight is 419 g/mol. The van der Waals surface area contributed by atoms with Gasteiger partial charge in [-0.1, -0.05) is 74.7 Å². The fourth-order valence-corrected chi connectivity index (χ4v) is 4.07. The van der Waals surface area contributed by atoms with Crippen molar-refractivity contribution in [1.82, 2.24) is 9.80 Å². The van der Waals surface area contributed by atoms with Crippen LogP contribution < -0.4 is 0 Å². The van der Waals surface area contributed by atoms with E-state index in [1.54, 1.807) is 0 Å². The number of amides is 2. The van der Waals surface area contributed by atoms with Crippen LogP contribution in [0.5, 0.6) is 0 Å². The summed E-state index contributed by atoms with van der Waals surface area (Å²) >= 11 is 0. The maximum Gasteiger partial charge on any atom is 0.277 e. The van der Waals surface area contributed by atoms with E-state index in [0.717, 1.165) is 42.4 Å². The summed E-state index contributed by atoms with van der Waals surface area (Å²) in [7, 11) is 0. The van der Waals surface area contributed by atoms with Crippen LogP contribution >= 0.6 is 0 Å². The third-order valence-electron chi connectivity index (χ3n) is 6.09. The molecule has 0 saturated heterocycles. The zero-order valence-corrected chi connectivity index (χ0v) is 19.3. The first-order chi connectivity index (χ1) is 15.0. The van der Waals surface area contributed by atoms with Crippen LogP contribution in [-0.4, -0.2) is 34.7 Å². The molecule has 0 aromatic heterocycles. The molecule has 0 unspecified atom stereocenters. The molecule has 0 bridgehead atoms. The van der Waals surface area contributed by atoms with Gasteiger partial charge < -0.3 is 4.90 Å². The number of unbranched alkanes of at least 4 members (excludes halogenated alkanes) is 3. The summed E-state index contributed by atoms with van der Waals surface area (Å²) in [6, 6.07) is 16.1. The molecule has 4 nitrogen and oxygen atoms in total. The summed E-state index contributed by atoms with van der Waals surface area (Å²) in [6.45, 7) is 10.0. The normalized spacial score (nSPS) is 14.0. The van der Waals surface area contributed by atoms with Crippen molar-refractivity contribution in [2.75, 3.05) is 13.1 Å². The summed E-state index contributed by atoms with van der Waals surface area (Å²) in [5.74, 6) is -0.321. The third kappa shape index (κ3) is 5.07. The van der Waals surface area contributed by atoms with Crippen LogP contribution in [0.2, 0.25) is 0 Å². The molecule has 1 heterocycles. The highest BCUT2D eigenvalue weighted by atomic mass is 16.2. The van der Waals surface area contributed by atoms with Crippen LogP contribution in [0.15, 0.2) is 54.2 Å². The first-order valence-electron chi connectivity index (χ1n) is 11.4. The minimum Gasteiger partial charge on any atom is -0.362 e. The summed E-state index contributed by atoms with van der Waals surface area (Å²) in [4.78, 5) is 30.5. The van der Waals surface area contributed by atoms with E-state index < -0.39 is 0 Å². The quantitative estimate of drug-likeness (QED) is 0.379. The number of hydrogen-bond acceptors (Lipinski definition) is 3. The SMILES string of the molecule is CCCCCCN1C(=O)C(c2ccc(C)c(C)c2)=C(N(CC)Cc2ccccc2)C1=O. The van der Waals surface area contributed by atoms with Crippen molar-refractivity contribution in [3.63, 3.8) is 0 Å². The molecule has 0 fully saturated rings. The number of aryl methyl sites for hydroxylation is 2. The molecular weight excluding hydrogens is 384 g/mol. The van der Waals surface area contributed by atoms with Crippen molar-refractivity contribution in [2.45, 2.75) is 59.9 Å². The molecule has 0 N–H and O–H groups in total. The van der Waals surface area contributed by atoms with Crippen molar-refractivity contribution < 1.29 is 9.59 Å². The van der Waals surface area contributed by atoms with Crippen molar-refractivity contribution in [3.05, 3.63) is 76.5 Å². The molecular formula is C27H34N2O2. The number of imide groups is 1. The van der Waals surface area contributed by atoms with Gasteiger partial charge in [0.25, 0.3) is 11.8 Å². The standard InChI is InChI=1S/C27H34N2O2/c1-5-7-8-12-17-29-26(30)24(23-16-15-20(3)21(4)18-23)25(27(29)31)28(6-2)19-22-13-10-9-11-14-22/h9-11,13-16,18H,5-8,12,17,19H2,1-4H3. The molecule has 2 aromatic carbocycles. The Morgan fingerprint density at radius 1 is 0.839 bits per heavy atom. The maximum atomic E-state index is 13.5. The topological polar surface area (TPSA) is 40.6 Å². The lowest BCUT2D eigenvalue weighted by Crippen LogP contribution is -2.35. The zero-order chi connectivity index (χ0) is 22.4. The lowest BCUT2D eigenvalue weighted by Gasteiger charge is -2.25. The van der Waals surface area contributed by atoms with Crippen molar-refractivity contribution in [3.8, 4) is 0 Å². The predicted molar refractivity (Wildman–Crippen MR) is 126 cm³/mol. The largest absolute Gasteiger partial charge is 0.362 e. The van der Waals surface area contributed by atoms with Crippen LogP contribution in [0.3, 0.4) is 0 Å². The van der Waals surface area contributed by atoms with Gasteiger partial charge in [0, 0.05) is 19.6 Å². The molecule has 4 heteroatoms. The number of rotatable bonds is 10. The van der Waals surface area contributed by atoms with E-state index in [0.29, 0.717) is 30.9 Å². The second-order valence-electron chi connectivity index (χ2n) is 8.35. The molecule has 0 atom stereocenters. The highest BCUT2D eigenvalue weighted by Crippen LogP contribution is 2.33. The lowest BCUT2D eigenvalue weighted by atomic mass is 9.99. The predicted octanol–water partition coefficient (Wildman–Crippen LogP) is 5.49. The fraction of sp³-hybridized carbons (Fsp3) is 0.407. The van der Waals surface area contributed by atoms with Crippen LogP contribution in [-0.2, 0) is 16.1 Å². The molecule has 3 rings (SSSR count). The molecule has 0 spiro atoms. The van der Waals surface area contributed by atoms with E-state index in [1.807, 2.05) is 55.1 Å². The minimum absolute atomic E-state index is 0.160. The molecule has 1 aliphatic rings. The number of benzene rings is 2. The molecule has 31 heavy (non-hydrogen) atoms. The first kappa shape index (κ1) is 22.8. The molecule has 0 radical (unpaired) electrons. The zero-order valence-electron chi connectivity index (χ0n) is 19.3. The van der Waals surface area contributed by atoms with E-state index in [1.165, 1.54) is 10.5 Å². The molecule has 2 amide bonds. The maximum absolute atomic E-state index is 13.5. The second kappa shape index (κ2) is 10.4. The van der Waals surface area contributed by atoms with Crippen molar-refractivity contribution in [2.24, 2.45) is 0 Å². The third-order valence-corrected chi connectivity index (χ3v) is 6.09. The van der Waals surface area contributed by atoms with Gasteiger partial charge in [0.15, 0.2) is 0 Å². The van der Waals surface area contributed by atoms with E-state index in [9.17, 15) is 9.59 Å². The Morgan fingerprint density at radius 3 is 2.23 bits per heavy atom. The van der Waals surface area contributed by atoms with Gasteiger partial charge in [0.05, 0.1) is 5.57 Å². The van der Waals surface area contributed by atoms with Gasteiger partial charge in [0.1, 0.15) is 5.70 Å². The second-order valence-corrected chi connectivity index (χ2v) is 8.35. The van der Waals surface area contributed by atoms with Gasteiger partial charge in [-0.15, -0.1) is 0 Å². The average Bonchev–Trinajstić information content (AvgIpc) is 3.02. The molecule has 0 aliphatic carbocycles. The number of carbonyl (C=O) groups is 2. The number of carbonyl (C=O) groups excluding carboxylic acids is 2. The van der Waals surface area contributed by atoms with Gasteiger partial charge in [-0.05, 0) is 49.4 Å². The number of hydrogen-bond donors (Lipinski definition) is 0. The Balaban J connectivity index is 2.00. The number of nitrogens with zero attached hydrogens (tertiary/aromatic N) is 2. The molecule has 164 valence electrons. The van der Waals surface area contributed by atoms with E-state index in [4.69, 9.17) is 0 Å². The van der Waals surface area contributed by atoms with Crippen LogP contribution in [0.25, 0.3) is 5.57 Å². The Bertz CT molecular complexity index is 962. The Labute approximate surface area is 186 Å². The highest BCUT2D eigenvalue weighted by molar-refractivity contribution is 6.35. The highest BCUT2D eigenvalue weighted by Gasteiger charge is 2.41. The van der Waals surface area contributed by atoms with Gasteiger partial charge in [-0.25, -0.2) is 0 Å². The first-order valence-corrected chi connectivity index (χ1v) is 11.4. The molecule has 1 aliphatic heterocycles. The smallest absolute Gasteiger partial charge is 0.277 e. The Morgan fingerprint density at radius 2 is 1.58 bits per heavy atom. The number of likely N-dealkylation sites (N-methyl/N-ethyl adjacent to an activating group) is 1. The van der Waals surface area contributed by atoms with E-state index >= 15 is 0 Å².